The first-order valence-electron chi connectivity index (χ1n) is 6.98. The van der Waals surface area contributed by atoms with Crippen molar-refractivity contribution in [2.75, 3.05) is 0 Å². The van der Waals surface area contributed by atoms with Gasteiger partial charge < -0.3 is 0 Å². The van der Waals surface area contributed by atoms with E-state index in [1.54, 1.807) is 0 Å². The summed E-state index contributed by atoms with van der Waals surface area (Å²) in [4.78, 5) is 0. The van der Waals surface area contributed by atoms with Gasteiger partial charge in [-0.1, -0.05) is 72.8 Å². The summed E-state index contributed by atoms with van der Waals surface area (Å²) in [5.41, 5.74) is 0. The summed E-state index contributed by atoms with van der Waals surface area (Å²) in [7, 11) is 0. The summed E-state index contributed by atoms with van der Waals surface area (Å²) in [6.07, 6.45) is 0. The molecule has 0 saturated carbocycles. The minimum Gasteiger partial charge on any atom is -0.0616 e. The Bertz CT molecular complexity index is 1180. The Hall–Kier alpha value is -2.60. The van der Waals surface area contributed by atoms with Gasteiger partial charge in [0.05, 0.1) is 0 Å². The summed E-state index contributed by atoms with van der Waals surface area (Å²) < 4.78 is 0. The van der Waals surface area contributed by atoms with Gasteiger partial charge in [-0.3, -0.25) is 0 Å². The van der Waals surface area contributed by atoms with Gasteiger partial charge in [-0.25, -0.2) is 0 Å². The Morgan fingerprint density at radius 1 is 0.400 bits per heavy atom. The predicted molar refractivity (Wildman–Crippen MR) is 83.2 cm³/mol. The maximum atomic E-state index is 2.27. The maximum Gasteiger partial charge on any atom is -0.00201 e. The van der Waals surface area contributed by atoms with E-state index in [9.17, 15) is 0 Å². The van der Waals surface area contributed by atoms with Crippen LogP contribution in [0.4, 0.5) is 0 Å². The molecule has 1 aliphatic carbocycles. The molecule has 4 aromatic carbocycles. The van der Waals surface area contributed by atoms with E-state index in [1.807, 2.05) is 0 Å². The number of hydrogen-bond donors (Lipinski definition) is 0. The molecule has 0 fully saturated rings. The van der Waals surface area contributed by atoms with E-state index in [0.29, 0.717) is 0 Å². The number of benzene rings is 4. The Morgan fingerprint density at radius 2 is 1.15 bits per heavy atom. The lowest BCUT2D eigenvalue weighted by Crippen LogP contribution is -1.92. The molecule has 0 heteroatoms. The fourth-order valence-electron chi connectivity index (χ4n) is 3.48. The second kappa shape index (κ2) is 3.49. The minimum absolute atomic E-state index is 1.31. The molecule has 0 heterocycles. The number of hydrogen-bond acceptors (Lipinski definition) is 0. The molecule has 1 aliphatic rings. The second-order valence-electron chi connectivity index (χ2n) is 5.42. The Kier molecular flexibility index (Phi) is 1.78. The molecular formula is C20H12. The summed E-state index contributed by atoms with van der Waals surface area (Å²) in [6.45, 7) is 0. The molecule has 4 aromatic rings. The highest BCUT2D eigenvalue weighted by atomic mass is 14.1. The van der Waals surface area contributed by atoms with Gasteiger partial charge >= 0.3 is 0 Å². The average molecular weight is 252 g/mol. The maximum absolute atomic E-state index is 2.27. The molecule has 0 bridgehead atoms. The van der Waals surface area contributed by atoms with Crippen molar-refractivity contribution < 1.29 is 0 Å². The molecule has 0 spiro atoms. The van der Waals surface area contributed by atoms with Crippen LogP contribution in [0, 0.1) is 20.9 Å². The Labute approximate surface area is 115 Å². The van der Waals surface area contributed by atoms with Crippen molar-refractivity contribution in [2.24, 2.45) is 0 Å². The van der Waals surface area contributed by atoms with Crippen LogP contribution in [0.15, 0.2) is 72.8 Å². The van der Waals surface area contributed by atoms with Crippen LogP contribution in [0.3, 0.4) is 0 Å². The van der Waals surface area contributed by atoms with E-state index in [0.717, 1.165) is 0 Å². The zero-order valence-corrected chi connectivity index (χ0v) is 10.9. The monoisotopic (exact) mass is 252 g/mol. The van der Waals surface area contributed by atoms with Gasteiger partial charge in [0.25, 0.3) is 0 Å². The van der Waals surface area contributed by atoms with Gasteiger partial charge in [0.15, 0.2) is 0 Å². The highest BCUT2D eigenvalue weighted by molar-refractivity contribution is 6.07. The molecular weight excluding hydrogens is 240 g/mol. The van der Waals surface area contributed by atoms with Crippen molar-refractivity contribution in [3.05, 3.63) is 93.7 Å². The van der Waals surface area contributed by atoms with Crippen molar-refractivity contribution >= 4 is 21.5 Å². The first-order chi connectivity index (χ1) is 9.93. The summed E-state index contributed by atoms with van der Waals surface area (Å²) in [5.74, 6) is 0. The van der Waals surface area contributed by atoms with Crippen LogP contribution >= 0.6 is 0 Å². The molecule has 0 radical (unpaired) electrons. The van der Waals surface area contributed by atoms with Crippen LogP contribution in [0.25, 0.3) is 21.5 Å². The van der Waals surface area contributed by atoms with Crippen LogP contribution in [-0.2, 0) is 0 Å². The third-order valence-electron chi connectivity index (χ3n) is 4.41. The Balaban J connectivity index is 2.13. The van der Waals surface area contributed by atoms with Crippen molar-refractivity contribution in [1.82, 2.24) is 0 Å². The van der Waals surface area contributed by atoms with Gasteiger partial charge in [-0.05, 0) is 42.4 Å². The van der Waals surface area contributed by atoms with Crippen LogP contribution in [0.5, 0.6) is 0 Å². The summed E-state index contributed by atoms with van der Waals surface area (Å²) >= 11 is 0. The van der Waals surface area contributed by atoms with Gasteiger partial charge in [-0.15, -0.1) is 0 Å². The standard InChI is InChI=1S/C20H12/c1-2-6-14-13(5-1)9-10-18-16(14)11-12-19-15-7-3-4-8-17(15)20(18)19/h1-12H. The zero-order chi connectivity index (χ0) is 13.1. The molecule has 0 saturated heterocycles. The summed E-state index contributed by atoms with van der Waals surface area (Å²) in [6, 6.07) is 26.4. The summed E-state index contributed by atoms with van der Waals surface area (Å²) in [5, 5.41) is 11.0. The predicted octanol–water partition coefficient (Wildman–Crippen LogP) is 4.88. The first-order valence-corrected chi connectivity index (χ1v) is 6.98. The minimum atomic E-state index is 1.31. The van der Waals surface area contributed by atoms with Gasteiger partial charge in [0, 0.05) is 0 Å². The largest absolute Gasteiger partial charge is 0.0616 e. The van der Waals surface area contributed by atoms with E-state index in [-0.39, 0.29) is 0 Å². The lowest BCUT2D eigenvalue weighted by atomic mass is 9.93. The quantitative estimate of drug-likeness (QED) is 0.344. The van der Waals surface area contributed by atoms with Crippen LogP contribution in [-0.4, -0.2) is 0 Å². The third kappa shape index (κ3) is 1.12. The fraction of sp³-hybridized carbons (Fsp3) is 0. The normalized spacial score (nSPS) is 12.0. The first kappa shape index (κ1) is 10.2. The van der Waals surface area contributed by atoms with Crippen molar-refractivity contribution in [3.63, 3.8) is 0 Å². The number of rotatable bonds is 0. The van der Waals surface area contributed by atoms with Crippen LogP contribution < -0.4 is 0 Å². The van der Waals surface area contributed by atoms with E-state index in [2.05, 4.69) is 72.8 Å². The topological polar surface area (TPSA) is 0 Å². The molecule has 5 rings (SSSR count). The average Bonchev–Trinajstić information content (AvgIpc) is 2.51. The molecule has 0 atom stereocenters. The molecule has 0 N–H and O–H groups in total. The number of fused-ring (bicyclic) bond motifs is 6. The molecule has 0 aliphatic heterocycles. The Morgan fingerprint density at radius 3 is 2.10 bits per heavy atom. The molecule has 20 heavy (non-hydrogen) atoms. The van der Waals surface area contributed by atoms with E-state index in [4.69, 9.17) is 0 Å². The van der Waals surface area contributed by atoms with Crippen molar-refractivity contribution in [1.29, 1.82) is 0 Å². The van der Waals surface area contributed by atoms with Crippen molar-refractivity contribution in [3.8, 4) is 0 Å². The van der Waals surface area contributed by atoms with Crippen molar-refractivity contribution in [2.45, 2.75) is 0 Å². The van der Waals surface area contributed by atoms with Gasteiger partial charge in [0.1, 0.15) is 0 Å². The molecule has 92 valence electrons. The highest BCUT2D eigenvalue weighted by Crippen LogP contribution is 2.28. The molecule has 0 nitrogen and oxygen atoms in total. The third-order valence-corrected chi connectivity index (χ3v) is 4.41. The highest BCUT2D eigenvalue weighted by Gasteiger charge is 2.07. The SMILES string of the molecule is c1ccc2c(c1)=c1ccc3c(ccc4ccccc43)c1=2. The molecule has 0 amide bonds. The molecule has 0 aromatic heterocycles. The molecule has 0 unspecified atom stereocenters. The lowest BCUT2D eigenvalue weighted by Gasteiger charge is -2.10. The lowest BCUT2D eigenvalue weighted by molar-refractivity contribution is 1.31. The second-order valence-corrected chi connectivity index (χ2v) is 5.42. The van der Waals surface area contributed by atoms with Crippen LogP contribution in [0.2, 0.25) is 0 Å². The van der Waals surface area contributed by atoms with Gasteiger partial charge in [0.2, 0.25) is 0 Å². The fourth-order valence-corrected chi connectivity index (χ4v) is 3.48. The van der Waals surface area contributed by atoms with E-state index < -0.39 is 0 Å². The zero-order valence-electron chi connectivity index (χ0n) is 10.9. The van der Waals surface area contributed by atoms with Crippen LogP contribution in [0.1, 0.15) is 0 Å². The van der Waals surface area contributed by atoms with E-state index in [1.165, 1.54) is 42.4 Å². The smallest absolute Gasteiger partial charge is 0.00201 e. The van der Waals surface area contributed by atoms with Gasteiger partial charge in [-0.2, -0.15) is 0 Å². The van der Waals surface area contributed by atoms with E-state index >= 15 is 0 Å².